The van der Waals surface area contributed by atoms with Gasteiger partial charge in [-0.25, -0.2) is 8.42 Å². The Bertz CT molecular complexity index is 1540. The van der Waals surface area contributed by atoms with Gasteiger partial charge in [-0.1, -0.05) is 29.3 Å². The summed E-state index contributed by atoms with van der Waals surface area (Å²) in [6.07, 6.45) is 1.25. The number of pyridine rings is 1. The van der Waals surface area contributed by atoms with E-state index in [2.05, 4.69) is 5.32 Å². The van der Waals surface area contributed by atoms with E-state index in [1.165, 1.54) is 22.9 Å². The zero-order valence-corrected chi connectivity index (χ0v) is 19.8. The summed E-state index contributed by atoms with van der Waals surface area (Å²) in [7, 11) is -2.54. The Labute approximate surface area is 197 Å². The van der Waals surface area contributed by atoms with Crippen molar-refractivity contribution >= 4 is 32.3 Å². The molecule has 0 saturated heterocycles. The first-order chi connectivity index (χ1) is 16.2. The fourth-order valence-electron chi connectivity index (χ4n) is 3.68. The number of methoxy groups -OCH3 is 1. The number of benzene rings is 3. The van der Waals surface area contributed by atoms with E-state index in [4.69, 9.17) is 4.74 Å². The molecule has 3 aromatic carbocycles. The van der Waals surface area contributed by atoms with Gasteiger partial charge < -0.3 is 14.6 Å². The number of carbonyl (C=O) groups excluding carboxylic acids is 1. The van der Waals surface area contributed by atoms with Gasteiger partial charge in [-0.05, 0) is 62.4 Å². The van der Waals surface area contributed by atoms with E-state index in [1.54, 1.807) is 55.6 Å². The van der Waals surface area contributed by atoms with Gasteiger partial charge in [-0.15, -0.1) is 0 Å². The molecule has 7 nitrogen and oxygen atoms in total. The van der Waals surface area contributed by atoms with Gasteiger partial charge in [0.25, 0.3) is 0 Å². The molecule has 0 bridgehead atoms. The van der Waals surface area contributed by atoms with Crippen LogP contribution in [0.5, 0.6) is 5.75 Å². The standard InChI is InChI=1S/C26H24N2O5S/c1-17-4-11-21(12-5-17)34(31,32)24-15-28(23-13-6-18(2)14-22(23)26(24)30)16-25(29)27-19-7-9-20(33-3)10-8-19/h4-15H,16H2,1-3H3,(H,27,29). The molecule has 4 aromatic rings. The largest absolute Gasteiger partial charge is 0.497 e. The maximum Gasteiger partial charge on any atom is 0.244 e. The van der Waals surface area contributed by atoms with Crippen LogP contribution in [0, 0.1) is 13.8 Å². The molecule has 0 unspecified atom stereocenters. The van der Waals surface area contributed by atoms with Crippen molar-refractivity contribution in [2.45, 2.75) is 30.2 Å². The number of hydrogen-bond donors (Lipinski definition) is 1. The lowest BCUT2D eigenvalue weighted by molar-refractivity contribution is -0.116. The summed E-state index contributed by atoms with van der Waals surface area (Å²) in [6, 6.07) is 18.3. The average molecular weight is 477 g/mol. The second-order valence-electron chi connectivity index (χ2n) is 8.06. The van der Waals surface area contributed by atoms with Crippen molar-refractivity contribution < 1.29 is 17.9 Å². The number of amides is 1. The van der Waals surface area contributed by atoms with Crippen LogP contribution < -0.4 is 15.5 Å². The Hall–Kier alpha value is -3.91. The summed E-state index contributed by atoms with van der Waals surface area (Å²) in [4.78, 5) is 25.7. The fourth-order valence-corrected chi connectivity index (χ4v) is 5.05. The lowest BCUT2D eigenvalue weighted by atomic mass is 10.1. The molecule has 34 heavy (non-hydrogen) atoms. The molecular weight excluding hydrogens is 452 g/mol. The number of nitrogens with zero attached hydrogens (tertiary/aromatic N) is 1. The Morgan fingerprint density at radius 3 is 2.24 bits per heavy atom. The van der Waals surface area contributed by atoms with Gasteiger partial charge in [-0.2, -0.15) is 0 Å². The maximum atomic E-state index is 13.4. The third kappa shape index (κ3) is 4.58. The Morgan fingerprint density at radius 1 is 0.941 bits per heavy atom. The number of aromatic nitrogens is 1. The number of sulfone groups is 1. The number of nitrogens with one attached hydrogen (secondary N) is 1. The van der Waals surface area contributed by atoms with Crippen molar-refractivity contribution in [3.63, 3.8) is 0 Å². The van der Waals surface area contributed by atoms with Crippen LogP contribution in [0.3, 0.4) is 0 Å². The van der Waals surface area contributed by atoms with Gasteiger partial charge in [0.05, 0.1) is 17.5 Å². The van der Waals surface area contributed by atoms with Gasteiger partial charge in [-0.3, -0.25) is 9.59 Å². The third-order valence-corrected chi connectivity index (χ3v) is 7.27. The predicted octanol–water partition coefficient (Wildman–Crippen LogP) is 4.10. The fraction of sp³-hybridized carbons (Fsp3) is 0.154. The lowest BCUT2D eigenvalue weighted by Crippen LogP contribution is -2.24. The molecule has 0 atom stereocenters. The molecule has 0 aliphatic carbocycles. The molecule has 174 valence electrons. The second-order valence-corrected chi connectivity index (χ2v) is 9.98. The van der Waals surface area contributed by atoms with Gasteiger partial charge in [0.1, 0.15) is 17.2 Å². The quantitative estimate of drug-likeness (QED) is 0.452. The molecule has 0 aliphatic heterocycles. The lowest BCUT2D eigenvalue weighted by Gasteiger charge is -2.15. The van der Waals surface area contributed by atoms with Crippen LogP contribution in [-0.4, -0.2) is 26.0 Å². The SMILES string of the molecule is COc1ccc(NC(=O)Cn2cc(S(=O)(=O)c3ccc(C)cc3)c(=O)c3cc(C)ccc32)cc1. The topological polar surface area (TPSA) is 94.5 Å². The maximum absolute atomic E-state index is 13.4. The zero-order valence-electron chi connectivity index (χ0n) is 19.0. The van der Waals surface area contributed by atoms with E-state index in [0.717, 1.165) is 11.1 Å². The minimum absolute atomic E-state index is 0.0245. The molecule has 1 aromatic heterocycles. The Balaban J connectivity index is 1.78. The number of rotatable bonds is 6. The second kappa shape index (κ2) is 9.15. The molecule has 0 fully saturated rings. The molecule has 1 amide bonds. The summed E-state index contributed by atoms with van der Waals surface area (Å²) in [5.41, 5.74) is 2.17. The number of anilines is 1. The molecule has 0 radical (unpaired) electrons. The minimum atomic E-state index is -4.09. The highest BCUT2D eigenvalue weighted by atomic mass is 32.2. The molecule has 1 N–H and O–H groups in total. The minimum Gasteiger partial charge on any atom is -0.497 e. The van der Waals surface area contributed by atoms with Crippen molar-refractivity contribution in [1.82, 2.24) is 4.57 Å². The molecule has 0 saturated carbocycles. The van der Waals surface area contributed by atoms with Crippen molar-refractivity contribution in [3.05, 3.63) is 94.3 Å². The van der Waals surface area contributed by atoms with Gasteiger partial charge in [0.2, 0.25) is 21.2 Å². The monoisotopic (exact) mass is 476 g/mol. The Kier molecular flexibility index (Phi) is 6.26. The van der Waals surface area contributed by atoms with Gasteiger partial charge in [0, 0.05) is 17.3 Å². The number of carbonyl (C=O) groups is 1. The van der Waals surface area contributed by atoms with Crippen LogP contribution in [0.4, 0.5) is 5.69 Å². The highest BCUT2D eigenvalue weighted by molar-refractivity contribution is 7.91. The van der Waals surface area contributed by atoms with Gasteiger partial charge >= 0.3 is 0 Å². The van der Waals surface area contributed by atoms with Crippen molar-refractivity contribution in [1.29, 1.82) is 0 Å². The van der Waals surface area contributed by atoms with E-state index >= 15 is 0 Å². The third-order valence-electron chi connectivity index (χ3n) is 5.51. The normalized spacial score (nSPS) is 11.4. The van der Waals surface area contributed by atoms with E-state index in [1.807, 2.05) is 19.9 Å². The van der Waals surface area contributed by atoms with E-state index in [-0.39, 0.29) is 27.6 Å². The summed E-state index contributed by atoms with van der Waals surface area (Å²) in [6.45, 7) is 3.49. The van der Waals surface area contributed by atoms with E-state index in [9.17, 15) is 18.0 Å². The molecule has 8 heteroatoms. The summed E-state index contributed by atoms with van der Waals surface area (Å²) in [5, 5.41) is 3.03. The first-order valence-corrected chi connectivity index (χ1v) is 12.1. The summed E-state index contributed by atoms with van der Waals surface area (Å²) in [5.74, 6) is 0.292. The highest BCUT2D eigenvalue weighted by Crippen LogP contribution is 2.23. The number of fused-ring (bicyclic) bond motifs is 1. The summed E-state index contributed by atoms with van der Waals surface area (Å²) < 4.78 is 33.3. The average Bonchev–Trinajstić information content (AvgIpc) is 2.81. The van der Waals surface area contributed by atoms with Crippen molar-refractivity contribution in [2.24, 2.45) is 0 Å². The number of aryl methyl sites for hydroxylation is 2. The van der Waals surface area contributed by atoms with Crippen molar-refractivity contribution in [2.75, 3.05) is 12.4 Å². The van der Waals surface area contributed by atoms with E-state index in [0.29, 0.717) is 17.0 Å². The smallest absolute Gasteiger partial charge is 0.244 e. The zero-order chi connectivity index (χ0) is 24.5. The number of ether oxygens (including phenoxy) is 1. The van der Waals surface area contributed by atoms with E-state index < -0.39 is 15.3 Å². The van der Waals surface area contributed by atoms with Gasteiger partial charge in [0.15, 0.2) is 0 Å². The molecule has 0 aliphatic rings. The molecular formula is C26H24N2O5S. The van der Waals surface area contributed by atoms with Crippen LogP contribution in [0.25, 0.3) is 10.9 Å². The van der Waals surface area contributed by atoms with Crippen LogP contribution >= 0.6 is 0 Å². The van der Waals surface area contributed by atoms with Crippen LogP contribution in [0.2, 0.25) is 0 Å². The molecule has 0 spiro atoms. The number of hydrogen-bond acceptors (Lipinski definition) is 5. The first kappa shape index (κ1) is 23.3. The highest BCUT2D eigenvalue weighted by Gasteiger charge is 2.24. The van der Waals surface area contributed by atoms with Crippen LogP contribution in [0.1, 0.15) is 11.1 Å². The predicted molar refractivity (Wildman–Crippen MR) is 131 cm³/mol. The first-order valence-electron chi connectivity index (χ1n) is 10.6. The van der Waals surface area contributed by atoms with Crippen molar-refractivity contribution in [3.8, 4) is 5.75 Å². The Morgan fingerprint density at radius 2 is 1.59 bits per heavy atom. The van der Waals surface area contributed by atoms with Crippen LogP contribution in [0.15, 0.2) is 87.5 Å². The molecule has 1 heterocycles. The van der Waals surface area contributed by atoms with Crippen LogP contribution in [-0.2, 0) is 21.2 Å². The summed E-state index contributed by atoms with van der Waals surface area (Å²) >= 11 is 0. The molecule has 4 rings (SSSR count).